The lowest BCUT2D eigenvalue weighted by molar-refractivity contribution is -0.119. The number of hydrogen-bond acceptors (Lipinski definition) is 8. The zero-order valence-corrected chi connectivity index (χ0v) is 23.2. The molecule has 2 aromatic heterocycles. The van der Waals surface area contributed by atoms with Crippen LogP contribution in [0.4, 0.5) is 5.69 Å². The molecule has 0 spiro atoms. The van der Waals surface area contributed by atoms with E-state index >= 15 is 0 Å². The first-order valence-corrected chi connectivity index (χ1v) is 12.7. The van der Waals surface area contributed by atoms with Crippen molar-refractivity contribution in [3.8, 4) is 28.2 Å². The van der Waals surface area contributed by atoms with Crippen molar-refractivity contribution in [3.05, 3.63) is 87.4 Å². The summed E-state index contributed by atoms with van der Waals surface area (Å²) in [6.45, 7) is 2.03. The Morgan fingerprint density at radius 2 is 1.77 bits per heavy atom. The smallest absolute Gasteiger partial charge is 0.337 e. The van der Waals surface area contributed by atoms with E-state index in [1.807, 2.05) is 6.92 Å². The Bertz CT molecular complexity index is 1580. The van der Waals surface area contributed by atoms with Crippen LogP contribution in [0.2, 0.25) is 5.02 Å². The summed E-state index contributed by atoms with van der Waals surface area (Å²) in [6, 6.07) is 13.7. The fraction of sp³-hybridized carbons (Fsp3) is 0.241. The zero-order valence-electron chi connectivity index (χ0n) is 22.4. The molecule has 1 N–H and O–H groups in total. The lowest BCUT2D eigenvalue weighted by Crippen LogP contribution is -2.34. The van der Waals surface area contributed by atoms with Gasteiger partial charge in [0.2, 0.25) is 5.91 Å². The fourth-order valence-electron chi connectivity index (χ4n) is 4.25. The molecule has 1 amide bonds. The molecule has 2 aromatic carbocycles. The summed E-state index contributed by atoms with van der Waals surface area (Å²) in [4.78, 5) is 38.6. The fourth-order valence-corrected chi connectivity index (χ4v) is 4.42. The lowest BCUT2D eigenvalue weighted by atomic mass is 9.97. The van der Waals surface area contributed by atoms with Crippen molar-refractivity contribution < 1.29 is 28.3 Å². The van der Waals surface area contributed by atoms with E-state index in [1.54, 1.807) is 36.4 Å². The van der Waals surface area contributed by atoms with Crippen LogP contribution in [0, 0.1) is 6.92 Å². The summed E-state index contributed by atoms with van der Waals surface area (Å²) in [5.41, 5.74) is 2.80. The Labute approximate surface area is 235 Å². The maximum Gasteiger partial charge on any atom is 0.337 e. The van der Waals surface area contributed by atoms with Crippen molar-refractivity contribution in [2.45, 2.75) is 19.4 Å². The van der Waals surface area contributed by atoms with E-state index in [9.17, 15) is 14.4 Å². The number of carbonyl (C=O) groups is 2. The maximum absolute atomic E-state index is 13.5. The van der Waals surface area contributed by atoms with Gasteiger partial charge in [0.05, 0.1) is 31.7 Å². The second-order valence-corrected chi connectivity index (χ2v) is 9.32. The number of esters is 1. The van der Waals surface area contributed by atoms with Crippen LogP contribution in [0.3, 0.4) is 0 Å². The number of aromatic nitrogens is 2. The predicted octanol–water partition coefficient (Wildman–Crippen LogP) is 5.14. The van der Waals surface area contributed by atoms with Gasteiger partial charge in [-0.25, -0.2) is 4.79 Å². The second-order valence-electron chi connectivity index (χ2n) is 8.88. The van der Waals surface area contributed by atoms with Gasteiger partial charge in [-0.2, -0.15) is 0 Å². The van der Waals surface area contributed by atoms with Crippen molar-refractivity contribution in [2.75, 3.05) is 33.3 Å². The van der Waals surface area contributed by atoms with E-state index in [2.05, 4.69) is 10.5 Å². The summed E-state index contributed by atoms with van der Waals surface area (Å²) in [6.07, 6.45) is 1.71. The van der Waals surface area contributed by atoms with Gasteiger partial charge in [0.15, 0.2) is 5.76 Å². The number of methoxy groups -OCH3 is 3. The molecule has 208 valence electrons. The number of nitrogens with one attached hydrogen (secondary N) is 1. The molecule has 10 nitrogen and oxygen atoms in total. The summed E-state index contributed by atoms with van der Waals surface area (Å²) in [5.74, 6) is -0.0841. The van der Waals surface area contributed by atoms with Crippen LogP contribution < -0.4 is 15.6 Å². The summed E-state index contributed by atoms with van der Waals surface area (Å²) < 4.78 is 22.4. The van der Waals surface area contributed by atoms with Gasteiger partial charge in [0, 0.05) is 54.1 Å². The Hall–Kier alpha value is -4.41. The minimum Gasteiger partial charge on any atom is -0.495 e. The number of ether oxygens (including phenoxy) is 3. The molecule has 0 saturated carbocycles. The Balaban J connectivity index is 1.73. The van der Waals surface area contributed by atoms with E-state index in [0.29, 0.717) is 50.2 Å². The highest BCUT2D eigenvalue weighted by Crippen LogP contribution is 2.38. The number of anilines is 1. The van der Waals surface area contributed by atoms with Gasteiger partial charge < -0.3 is 24.1 Å². The third-order valence-corrected chi connectivity index (χ3v) is 6.47. The van der Waals surface area contributed by atoms with Crippen LogP contribution in [0.1, 0.15) is 28.5 Å². The van der Waals surface area contributed by atoms with E-state index in [0.717, 1.165) is 0 Å². The van der Waals surface area contributed by atoms with Gasteiger partial charge in [0.1, 0.15) is 11.8 Å². The van der Waals surface area contributed by atoms with E-state index in [-0.39, 0.29) is 13.0 Å². The molecule has 2 heterocycles. The predicted molar refractivity (Wildman–Crippen MR) is 150 cm³/mol. The highest BCUT2D eigenvalue weighted by molar-refractivity contribution is 6.31. The molecule has 0 saturated heterocycles. The summed E-state index contributed by atoms with van der Waals surface area (Å²) >= 11 is 6.32. The van der Waals surface area contributed by atoms with E-state index < -0.39 is 23.5 Å². The zero-order chi connectivity index (χ0) is 28.8. The number of benzene rings is 2. The van der Waals surface area contributed by atoms with Gasteiger partial charge in [-0.15, -0.1) is 0 Å². The molecule has 0 aliphatic carbocycles. The number of halogens is 1. The molecule has 0 radical (unpaired) electrons. The Kier molecular flexibility index (Phi) is 9.03. The van der Waals surface area contributed by atoms with Crippen LogP contribution in [0.15, 0.2) is 70.1 Å². The van der Waals surface area contributed by atoms with E-state index in [4.69, 9.17) is 30.3 Å². The number of carbonyl (C=O) groups excluding carboxylic acids is 2. The van der Waals surface area contributed by atoms with Gasteiger partial charge in [-0.3, -0.25) is 14.2 Å². The molecule has 0 aliphatic heterocycles. The largest absolute Gasteiger partial charge is 0.495 e. The summed E-state index contributed by atoms with van der Waals surface area (Å²) in [5, 5.41) is 7.22. The normalized spacial score (nSPS) is 11.6. The number of rotatable bonds is 10. The molecule has 1 unspecified atom stereocenters. The highest BCUT2D eigenvalue weighted by Gasteiger charge is 2.25. The number of amides is 1. The first kappa shape index (κ1) is 28.6. The standard InChI is InChI=1S/C29H28ClN3O7/c1-17-13-25(40-32-17)21-10-7-19(30)14-22(21)23-15-27(34)33(16-26(23)38-3)24(11-12-37-2)28(35)31-20-8-5-18(6-9-20)29(36)39-4/h5-10,13-16,24H,11-12H2,1-4H3,(H,31,35). The van der Waals surface area contributed by atoms with E-state index in [1.165, 1.54) is 50.3 Å². The molecule has 40 heavy (non-hydrogen) atoms. The van der Waals surface area contributed by atoms with Crippen molar-refractivity contribution in [2.24, 2.45) is 0 Å². The first-order chi connectivity index (χ1) is 19.2. The summed E-state index contributed by atoms with van der Waals surface area (Å²) in [7, 11) is 4.28. The Morgan fingerprint density at radius 1 is 1.02 bits per heavy atom. The van der Waals surface area contributed by atoms with Crippen molar-refractivity contribution in [1.82, 2.24) is 9.72 Å². The molecule has 0 fully saturated rings. The number of nitrogens with zero attached hydrogens (tertiary/aromatic N) is 2. The Morgan fingerprint density at radius 3 is 2.40 bits per heavy atom. The minimum absolute atomic E-state index is 0.213. The SMILES string of the molecule is COCCC(C(=O)Nc1ccc(C(=O)OC)cc1)n1cc(OC)c(-c2cc(Cl)ccc2-c2cc(C)no2)cc1=O. The molecule has 0 bridgehead atoms. The van der Waals surface area contributed by atoms with Crippen molar-refractivity contribution in [1.29, 1.82) is 0 Å². The molecule has 4 rings (SSSR count). The molecule has 4 aromatic rings. The average molecular weight is 566 g/mol. The van der Waals surface area contributed by atoms with Gasteiger partial charge in [-0.05, 0) is 55.0 Å². The molecular formula is C29H28ClN3O7. The van der Waals surface area contributed by atoms with Crippen LogP contribution in [0.25, 0.3) is 22.5 Å². The van der Waals surface area contributed by atoms with Gasteiger partial charge >= 0.3 is 5.97 Å². The highest BCUT2D eigenvalue weighted by atomic mass is 35.5. The number of aryl methyl sites for hydroxylation is 1. The quantitative estimate of drug-likeness (QED) is 0.262. The van der Waals surface area contributed by atoms with Crippen LogP contribution in [0.5, 0.6) is 5.75 Å². The van der Waals surface area contributed by atoms with Crippen LogP contribution >= 0.6 is 11.6 Å². The third kappa shape index (κ3) is 6.24. The monoisotopic (exact) mass is 565 g/mol. The van der Waals surface area contributed by atoms with Gasteiger partial charge in [-0.1, -0.05) is 16.8 Å². The lowest BCUT2D eigenvalue weighted by Gasteiger charge is -2.21. The van der Waals surface area contributed by atoms with Crippen LogP contribution in [-0.2, 0) is 14.3 Å². The third-order valence-electron chi connectivity index (χ3n) is 6.24. The molecular weight excluding hydrogens is 538 g/mol. The topological polar surface area (TPSA) is 122 Å². The average Bonchev–Trinajstić information content (AvgIpc) is 3.39. The first-order valence-electron chi connectivity index (χ1n) is 12.3. The number of pyridine rings is 1. The minimum atomic E-state index is -0.925. The number of hydrogen-bond donors (Lipinski definition) is 1. The van der Waals surface area contributed by atoms with Crippen molar-refractivity contribution in [3.63, 3.8) is 0 Å². The second kappa shape index (κ2) is 12.6. The maximum atomic E-state index is 13.5. The molecule has 0 aliphatic rings. The van der Waals surface area contributed by atoms with Crippen molar-refractivity contribution >= 4 is 29.2 Å². The van der Waals surface area contributed by atoms with Gasteiger partial charge in [0.25, 0.3) is 5.56 Å². The molecule has 11 heteroatoms. The van der Waals surface area contributed by atoms with Crippen LogP contribution in [-0.4, -0.2) is 49.5 Å². The molecule has 1 atom stereocenters.